The number of rotatable bonds is 7. The Morgan fingerprint density at radius 2 is 2.07 bits per heavy atom. The molecule has 0 radical (unpaired) electrons. The molecule has 0 saturated carbocycles. The fraction of sp³-hybridized carbons (Fsp3) is 0.353. The number of nitrogens with one attached hydrogen (secondary N) is 2. The lowest BCUT2D eigenvalue weighted by Gasteiger charge is -2.23. The van der Waals surface area contributed by atoms with Crippen LogP contribution in [0.3, 0.4) is 0 Å². The third-order valence-corrected chi connectivity index (χ3v) is 4.69. The lowest BCUT2D eigenvalue weighted by Crippen LogP contribution is -2.53. The van der Waals surface area contributed by atoms with Crippen molar-refractivity contribution in [1.29, 1.82) is 0 Å². The standard InChI is InChI=1S/C17H19N5O4S/c1-2-26-15(24)10-27-17-21-20-13(22(17)12-6-4-3-5-7-12)8-11-9-14(23)19-16(25)18-11/h3-7,11H,2,8-10H2,1H3,(H2,18,19,23,25). The van der Waals surface area contributed by atoms with E-state index < -0.39 is 6.03 Å². The zero-order valence-corrected chi connectivity index (χ0v) is 15.5. The molecule has 0 spiro atoms. The predicted molar refractivity (Wildman–Crippen MR) is 97.5 cm³/mol. The molecule has 1 saturated heterocycles. The Kier molecular flexibility index (Phi) is 6.07. The molecule has 3 amide bonds. The highest BCUT2D eigenvalue weighted by Crippen LogP contribution is 2.23. The summed E-state index contributed by atoms with van der Waals surface area (Å²) in [5.41, 5.74) is 0.829. The van der Waals surface area contributed by atoms with Gasteiger partial charge >= 0.3 is 12.0 Å². The summed E-state index contributed by atoms with van der Waals surface area (Å²) in [6.45, 7) is 2.07. The molecule has 1 aromatic heterocycles. The van der Waals surface area contributed by atoms with E-state index in [1.165, 1.54) is 11.8 Å². The first-order valence-corrected chi connectivity index (χ1v) is 9.44. The number of amides is 3. The van der Waals surface area contributed by atoms with Crippen LogP contribution >= 0.6 is 11.8 Å². The molecule has 2 heterocycles. The van der Waals surface area contributed by atoms with Crippen LogP contribution in [0.5, 0.6) is 0 Å². The van der Waals surface area contributed by atoms with E-state index in [1.54, 1.807) is 6.92 Å². The Morgan fingerprint density at radius 1 is 1.30 bits per heavy atom. The number of esters is 1. The van der Waals surface area contributed by atoms with E-state index in [9.17, 15) is 14.4 Å². The molecule has 0 aliphatic carbocycles. The van der Waals surface area contributed by atoms with Gasteiger partial charge in [-0.15, -0.1) is 10.2 Å². The number of hydrogen-bond acceptors (Lipinski definition) is 7. The van der Waals surface area contributed by atoms with Crippen LogP contribution in [0.2, 0.25) is 0 Å². The van der Waals surface area contributed by atoms with E-state index in [0.717, 1.165) is 5.69 Å². The molecule has 2 aromatic rings. The highest BCUT2D eigenvalue weighted by Gasteiger charge is 2.26. The number of hydrogen-bond donors (Lipinski definition) is 2. The largest absolute Gasteiger partial charge is 0.465 e. The number of carbonyl (C=O) groups is 3. The van der Waals surface area contributed by atoms with Crippen molar-refractivity contribution in [3.05, 3.63) is 36.2 Å². The number of ether oxygens (including phenoxy) is 1. The predicted octanol–water partition coefficient (Wildman–Crippen LogP) is 1.06. The van der Waals surface area contributed by atoms with Gasteiger partial charge in [0.05, 0.1) is 12.4 Å². The first kappa shape index (κ1) is 18.9. The number of benzene rings is 1. The van der Waals surface area contributed by atoms with Crippen LogP contribution < -0.4 is 10.6 Å². The molecule has 3 rings (SSSR count). The van der Waals surface area contributed by atoms with Gasteiger partial charge in [-0.1, -0.05) is 30.0 Å². The van der Waals surface area contributed by atoms with Crippen molar-refractivity contribution in [2.24, 2.45) is 0 Å². The second-order valence-electron chi connectivity index (χ2n) is 5.79. The molecule has 27 heavy (non-hydrogen) atoms. The van der Waals surface area contributed by atoms with E-state index in [-0.39, 0.29) is 30.1 Å². The number of carbonyl (C=O) groups excluding carboxylic acids is 3. The molecule has 10 heteroatoms. The van der Waals surface area contributed by atoms with E-state index >= 15 is 0 Å². The van der Waals surface area contributed by atoms with E-state index in [2.05, 4.69) is 20.8 Å². The van der Waals surface area contributed by atoms with Gasteiger partial charge in [0.15, 0.2) is 5.16 Å². The van der Waals surface area contributed by atoms with E-state index in [4.69, 9.17) is 4.74 Å². The molecule has 1 fully saturated rings. The van der Waals surface area contributed by atoms with Gasteiger partial charge in [0, 0.05) is 24.6 Å². The van der Waals surface area contributed by atoms with Crippen LogP contribution in [0.4, 0.5) is 4.79 Å². The van der Waals surface area contributed by atoms with Gasteiger partial charge in [-0.3, -0.25) is 19.5 Å². The normalized spacial score (nSPS) is 16.6. The Hall–Kier alpha value is -2.88. The van der Waals surface area contributed by atoms with Gasteiger partial charge in [-0.05, 0) is 19.1 Å². The SMILES string of the molecule is CCOC(=O)CSc1nnc(CC2CC(=O)NC(=O)N2)n1-c1ccccc1. The molecule has 2 N–H and O–H groups in total. The summed E-state index contributed by atoms with van der Waals surface area (Å²) < 4.78 is 6.77. The molecule has 1 atom stereocenters. The van der Waals surface area contributed by atoms with Crippen molar-refractivity contribution in [3.63, 3.8) is 0 Å². The first-order valence-electron chi connectivity index (χ1n) is 8.45. The number of imide groups is 1. The number of urea groups is 1. The zero-order chi connectivity index (χ0) is 19.2. The van der Waals surface area contributed by atoms with Crippen molar-refractivity contribution in [2.45, 2.75) is 31.0 Å². The number of nitrogens with zero attached hydrogens (tertiary/aromatic N) is 3. The van der Waals surface area contributed by atoms with Crippen LogP contribution in [-0.2, 0) is 20.7 Å². The lowest BCUT2D eigenvalue weighted by atomic mass is 10.1. The van der Waals surface area contributed by atoms with Crippen molar-refractivity contribution >= 4 is 29.7 Å². The quantitative estimate of drug-likeness (QED) is 0.537. The lowest BCUT2D eigenvalue weighted by molar-refractivity contribution is -0.139. The zero-order valence-electron chi connectivity index (χ0n) is 14.7. The van der Waals surface area contributed by atoms with Crippen molar-refractivity contribution in [2.75, 3.05) is 12.4 Å². The smallest absolute Gasteiger partial charge is 0.321 e. The minimum atomic E-state index is -0.515. The molecular formula is C17H19N5O4S. The molecule has 1 aliphatic rings. The average Bonchev–Trinajstić information content (AvgIpc) is 3.02. The van der Waals surface area contributed by atoms with Gasteiger partial charge in [-0.2, -0.15) is 0 Å². The van der Waals surface area contributed by atoms with Crippen molar-refractivity contribution in [1.82, 2.24) is 25.4 Å². The maximum absolute atomic E-state index is 11.7. The Morgan fingerprint density at radius 3 is 2.78 bits per heavy atom. The monoisotopic (exact) mass is 389 g/mol. The fourth-order valence-corrected chi connectivity index (χ4v) is 3.47. The van der Waals surface area contributed by atoms with Gasteiger partial charge in [0.2, 0.25) is 5.91 Å². The fourth-order valence-electron chi connectivity index (χ4n) is 2.71. The Labute approximate surface area is 159 Å². The molecule has 1 aliphatic heterocycles. The second kappa shape index (κ2) is 8.67. The maximum Gasteiger partial charge on any atom is 0.321 e. The van der Waals surface area contributed by atoms with Crippen LogP contribution in [-0.4, -0.2) is 51.1 Å². The summed E-state index contributed by atoms with van der Waals surface area (Å²) in [7, 11) is 0. The molecular weight excluding hydrogens is 370 g/mol. The summed E-state index contributed by atoms with van der Waals surface area (Å²) in [6.07, 6.45) is 0.500. The van der Waals surface area contributed by atoms with Gasteiger partial charge in [-0.25, -0.2) is 4.79 Å². The third-order valence-electron chi connectivity index (χ3n) is 3.79. The van der Waals surface area contributed by atoms with Crippen LogP contribution in [0, 0.1) is 0 Å². The number of aromatic nitrogens is 3. The van der Waals surface area contributed by atoms with Gasteiger partial charge in [0.25, 0.3) is 0 Å². The van der Waals surface area contributed by atoms with E-state index in [1.807, 2.05) is 34.9 Å². The van der Waals surface area contributed by atoms with Crippen LogP contribution in [0.1, 0.15) is 19.2 Å². The van der Waals surface area contributed by atoms with Crippen molar-refractivity contribution < 1.29 is 19.1 Å². The first-order chi connectivity index (χ1) is 13.1. The molecule has 0 bridgehead atoms. The summed E-state index contributed by atoms with van der Waals surface area (Å²) in [5.74, 6) is 0.0448. The number of para-hydroxylation sites is 1. The summed E-state index contributed by atoms with van der Waals surface area (Å²) in [5, 5.41) is 13.9. The Balaban J connectivity index is 1.84. The van der Waals surface area contributed by atoms with Crippen molar-refractivity contribution in [3.8, 4) is 5.69 Å². The summed E-state index contributed by atoms with van der Waals surface area (Å²) in [4.78, 5) is 34.8. The Bertz CT molecular complexity index is 823. The highest BCUT2D eigenvalue weighted by atomic mass is 32.2. The van der Waals surface area contributed by atoms with Gasteiger partial charge in [0.1, 0.15) is 5.82 Å². The summed E-state index contributed by atoms with van der Waals surface area (Å²) in [6, 6.07) is 8.56. The molecule has 1 unspecified atom stereocenters. The van der Waals surface area contributed by atoms with E-state index in [0.29, 0.717) is 24.0 Å². The van der Waals surface area contributed by atoms with Crippen LogP contribution in [0.15, 0.2) is 35.5 Å². The number of thioether (sulfide) groups is 1. The topological polar surface area (TPSA) is 115 Å². The summed E-state index contributed by atoms with van der Waals surface area (Å²) >= 11 is 1.22. The van der Waals surface area contributed by atoms with Crippen LogP contribution in [0.25, 0.3) is 5.69 Å². The average molecular weight is 389 g/mol. The highest BCUT2D eigenvalue weighted by molar-refractivity contribution is 7.99. The third kappa shape index (κ3) is 4.85. The minimum Gasteiger partial charge on any atom is -0.465 e. The van der Waals surface area contributed by atoms with Gasteiger partial charge < -0.3 is 10.1 Å². The second-order valence-corrected chi connectivity index (χ2v) is 6.73. The molecule has 142 valence electrons. The molecule has 9 nitrogen and oxygen atoms in total. The maximum atomic E-state index is 11.7. The minimum absolute atomic E-state index is 0.112. The molecule has 1 aromatic carbocycles.